The van der Waals surface area contributed by atoms with Crippen LogP contribution in [0.2, 0.25) is 5.02 Å². The third kappa shape index (κ3) is 11.5. The molecule has 2 aromatic carbocycles. The first-order valence-corrected chi connectivity index (χ1v) is 16.9. The summed E-state index contributed by atoms with van der Waals surface area (Å²) < 4.78 is 0. The fourth-order valence-electron chi connectivity index (χ4n) is 4.68. The number of nitrogens with one attached hydrogen (secondary N) is 2. The number of anilines is 3. The van der Waals surface area contributed by atoms with E-state index in [9.17, 15) is 9.59 Å². The van der Waals surface area contributed by atoms with Crippen LogP contribution in [0.3, 0.4) is 0 Å². The van der Waals surface area contributed by atoms with Gasteiger partial charge < -0.3 is 5.73 Å². The molecule has 0 unspecified atom stereocenters. The van der Waals surface area contributed by atoms with Crippen molar-refractivity contribution in [3.05, 3.63) is 52.5 Å². The van der Waals surface area contributed by atoms with E-state index < -0.39 is 6.03 Å². The fourth-order valence-corrected chi connectivity index (χ4v) is 5.66. The lowest BCUT2D eigenvalue weighted by atomic mass is 10.1. The number of nitrogens with zero attached hydrogens (tertiary/aromatic N) is 2. The van der Waals surface area contributed by atoms with Gasteiger partial charge in [0, 0.05) is 16.5 Å². The highest BCUT2D eigenvalue weighted by Gasteiger charge is 2.28. The Bertz CT molecular complexity index is 1170. The number of nitrogens with two attached hydrogens (primary N) is 1. The molecule has 0 spiro atoms. The summed E-state index contributed by atoms with van der Waals surface area (Å²) in [6, 6.07) is 10.1. The SMILES string of the molecule is CCCCCCC[NH+]=C(SCC)N(CCCCCCC)C(=O)Nc1ccc(C)c(N(C(N)=O)c2ccc(C)c(Cl)c2)c1. The Balaban J connectivity index is 2.32. The molecule has 0 saturated carbocycles. The van der Waals surface area contributed by atoms with Crippen LogP contribution in [0.5, 0.6) is 0 Å². The molecule has 0 aromatic heterocycles. The summed E-state index contributed by atoms with van der Waals surface area (Å²) in [5, 5.41) is 4.53. The van der Waals surface area contributed by atoms with Gasteiger partial charge in [0.25, 0.3) is 0 Å². The smallest absolute Gasteiger partial charge is 0.351 e. The molecule has 0 aliphatic heterocycles. The normalized spacial score (nSPS) is 11.4. The molecule has 4 N–H and O–H groups in total. The summed E-state index contributed by atoms with van der Waals surface area (Å²) >= 11 is 8.03. The van der Waals surface area contributed by atoms with Crippen LogP contribution >= 0.6 is 23.4 Å². The molecule has 0 bridgehead atoms. The van der Waals surface area contributed by atoms with E-state index in [-0.39, 0.29) is 6.03 Å². The monoisotopic (exact) mass is 616 g/mol. The van der Waals surface area contributed by atoms with Gasteiger partial charge in [0.2, 0.25) is 0 Å². The first kappa shape index (κ1) is 35.5. The Kier molecular flexibility index (Phi) is 16.5. The third-order valence-electron chi connectivity index (χ3n) is 7.15. The number of hydrogen-bond acceptors (Lipinski definition) is 3. The number of primary amides is 1. The molecule has 0 saturated heterocycles. The summed E-state index contributed by atoms with van der Waals surface area (Å²) in [5.74, 6) is 0.860. The maximum absolute atomic E-state index is 13.8. The number of carbonyl (C=O) groups is 2. The van der Waals surface area contributed by atoms with E-state index in [4.69, 9.17) is 17.3 Å². The van der Waals surface area contributed by atoms with Crippen molar-refractivity contribution in [2.75, 3.05) is 29.1 Å². The van der Waals surface area contributed by atoms with Crippen molar-refractivity contribution >= 4 is 57.7 Å². The van der Waals surface area contributed by atoms with Crippen molar-refractivity contribution in [1.82, 2.24) is 4.90 Å². The number of benzene rings is 2. The highest BCUT2D eigenvalue weighted by atomic mass is 35.5. The minimum absolute atomic E-state index is 0.196. The molecular formula is C33H51ClN5O2S+. The van der Waals surface area contributed by atoms with Crippen LogP contribution in [0, 0.1) is 13.8 Å². The number of rotatable bonds is 16. The van der Waals surface area contributed by atoms with E-state index in [0.717, 1.165) is 47.9 Å². The van der Waals surface area contributed by atoms with Crippen LogP contribution in [0.1, 0.15) is 96.1 Å². The predicted octanol–water partition coefficient (Wildman–Crippen LogP) is 8.14. The molecule has 7 nitrogen and oxygen atoms in total. The fraction of sp³-hybridized carbons (Fsp3) is 0.545. The molecule has 2 rings (SSSR count). The lowest BCUT2D eigenvalue weighted by molar-refractivity contribution is -0.459. The van der Waals surface area contributed by atoms with E-state index in [1.807, 2.05) is 43.0 Å². The summed E-state index contributed by atoms with van der Waals surface area (Å²) in [7, 11) is 0. The Labute approximate surface area is 262 Å². The van der Waals surface area contributed by atoms with Crippen LogP contribution < -0.4 is 20.9 Å². The van der Waals surface area contributed by atoms with Crippen molar-refractivity contribution in [1.29, 1.82) is 0 Å². The van der Waals surface area contributed by atoms with Gasteiger partial charge in [0.15, 0.2) is 0 Å². The van der Waals surface area contributed by atoms with Gasteiger partial charge >= 0.3 is 17.2 Å². The van der Waals surface area contributed by atoms with Gasteiger partial charge in [-0.15, -0.1) is 0 Å². The first-order valence-electron chi connectivity index (χ1n) is 15.5. The van der Waals surface area contributed by atoms with E-state index in [0.29, 0.717) is 28.6 Å². The second-order valence-corrected chi connectivity index (χ2v) is 12.3. The predicted molar refractivity (Wildman–Crippen MR) is 181 cm³/mol. The lowest BCUT2D eigenvalue weighted by Crippen LogP contribution is -2.76. The van der Waals surface area contributed by atoms with Crippen LogP contribution in [-0.4, -0.2) is 41.0 Å². The summed E-state index contributed by atoms with van der Waals surface area (Å²) in [6.45, 7) is 11.8. The molecule has 232 valence electrons. The van der Waals surface area contributed by atoms with Gasteiger partial charge in [-0.05, 0) is 86.7 Å². The minimum Gasteiger partial charge on any atom is -0.351 e. The number of aryl methyl sites for hydroxylation is 2. The largest absolute Gasteiger partial charge is 0.413 e. The molecule has 0 atom stereocenters. The average molecular weight is 617 g/mol. The maximum atomic E-state index is 13.8. The number of hydrogen-bond donors (Lipinski definition) is 3. The molecule has 42 heavy (non-hydrogen) atoms. The zero-order chi connectivity index (χ0) is 30.9. The second kappa shape index (κ2) is 19.5. The Morgan fingerprint density at radius 1 is 0.881 bits per heavy atom. The van der Waals surface area contributed by atoms with Gasteiger partial charge in [-0.2, -0.15) is 4.90 Å². The number of amidine groups is 1. The van der Waals surface area contributed by atoms with E-state index in [1.54, 1.807) is 23.9 Å². The van der Waals surface area contributed by atoms with Crippen molar-refractivity contribution in [3.63, 3.8) is 0 Å². The highest BCUT2D eigenvalue weighted by Crippen LogP contribution is 2.33. The summed E-state index contributed by atoms with van der Waals surface area (Å²) in [6.07, 6.45) is 11.5. The van der Waals surface area contributed by atoms with Gasteiger partial charge in [0.1, 0.15) is 0 Å². The molecule has 0 aliphatic rings. The number of thioether (sulfide) groups is 1. The Morgan fingerprint density at radius 3 is 2.14 bits per heavy atom. The molecule has 0 fully saturated rings. The first-order chi connectivity index (χ1) is 20.2. The van der Waals surface area contributed by atoms with Crippen LogP contribution in [0.25, 0.3) is 0 Å². The molecular weight excluding hydrogens is 566 g/mol. The number of amides is 4. The molecule has 0 aliphatic carbocycles. The van der Waals surface area contributed by atoms with Crippen molar-refractivity contribution in [2.45, 2.75) is 98.8 Å². The number of halogens is 1. The Morgan fingerprint density at radius 2 is 1.52 bits per heavy atom. The van der Waals surface area contributed by atoms with E-state index >= 15 is 0 Å². The zero-order valence-corrected chi connectivity index (χ0v) is 27.8. The molecule has 2 aromatic rings. The quantitative estimate of drug-likeness (QED) is 0.101. The molecule has 0 radical (unpaired) electrons. The number of urea groups is 2. The van der Waals surface area contributed by atoms with Crippen molar-refractivity contribution in [3.8, 4) is 0 Å². The van der Waals surface area contributed by atoms with Crippen molar-refractivity contribution < 1.29 is 14.6 Å². The van der Waals surface area contributed by atoms with Gasteiger partial charge in [-0.3, -0.25) is 15.2 Å². The van der Waals surface area contributed by atoms with Crippen LogP contribution in [-0.2, 0) is 0 Å². The number of unbranched alkanes of at least 4 members (excludes halogenated alkanes) is 8. The summed E-state index contributed by atoms with van der Waals surface area (Å²) in [4.78, 5) is 33.2. The minimum atomic E-state index is -0.631. The summed E-state index contributed by atoms with van der Waals surface area (Å²) in [5.41, 5.74) is 9.33. The molecule has 4 amide bonds. The van der Waals surface area contributed by atoms with Gasteiger partial charge in [-0.1, -0.05) is 83.0 Å². The topological polar surface area (TPSA) is 92.6 Å². The average Bonchev–Trinajstić information content (AvgIpc) is 2.95. The van der Waals surface area contributed by atoms with E-state index in [2.05, 4.69) is 31.1 Å². The molecule has 9 heteroatoms. The van der Waals surface area contributed by atoms with Gasteiger partial charge in [0.05, 0.1) is 24.5 Å². The van der Waals surface area contributed by atoms with E-state index in [1.165, 1.54) is 49.8 Å². The van der Waals surface area contributed by atoms with Crippen LogP contribution in [0.15, 0.2) is 36.4 Å². The van der Waals surface area contributed by atoms with Crippen LogP contribution in [0.4, 0.5) is 26.7 Å². The molecule has 0 heterocycles. The second-order valence-electron chi connectivity index (χ2n) is 10.7. The lowest BCUT2D eigenvalue weighted by Gasteiger charge is -2.24. The number of carbonyl (C=O) groups excluding carboxylic acids is 2. The van der Waals surface area contributed by atoms with Crippen molar-refractivity contribution in [2.24, 2.45) is 5.73 Å². The van der Waals surface area contributed by atoms with Gasteiger partial charge in [-0.25, -0.2) is 9.59 Å². The zero-order valence-electron chi connectivity index (χ0n) is 26.2. The Hall–Kier alpha value is -2.71. The third-order valence-corrected chi connectivity index (χ3v) is 8.48. The standard InChI is InChI=1S/C33H50ClN5O2S/c1-6-9-11-13-15-21-36-33(42-8-3)38(22-16-14-12-10-7-2)32(41)37-27-19-17-26(5)30(23-27)39(31(35)40)28-20-18-25(4)29(34)24-28/h17-20,23-24H,6-16,21-22H2,1-5H3,(H2,35,40)(H,37,41)/p+1. The maximum Gasteiger partial charge on any atom is 0.413 e. The highest BCUT2D eigenvalue weighted by molar-refractivity contribution is 8.13.